The summed E-state index contributed by atoms with van der Waals surface area (Å²) < 4.78 is 0. The molecule has 13 heavy (non-hydrogen) atoms. The first-order valence-electron chi connectivity index (χ1n) is 4.20. The molecule has 0 radical (unpaired) electrons. The minimum Gasteiger partial charge on any atom is -0.481 e. The molecule has 1 aliphatic heterocycles. The highest BCUT2D eigenvalue weighted by atomic mass is 17.3. The van der Waals surface area contributed by atoms with E-state index < -0.39 is 5.97 Å². The number of aliphatic carboxylic acids is 1. The Morgan fingerprint density at radius 3 is 2.69 bits per heavy atom. The van der Waals surface area contributed by atoms with Gasteiger partial charge in [0.2, 0.25) is 0 Å². The van der Waals surface area contributed by atoms with Crippen molar-refractivity contribution in [3.8, 4) is 0 Å². The lowest BCUT2D eigenvalue weighted by Gasteiger charge is -2.26. The summed E-state index contributed by atoms with van der Waals surface area (Å²) in [6, 6.07) is 0. The molecule has 0 aromatic rings. The first-order chi connectivity index (χ1) is 6.29. The van der Waals surface area contributed by atoms with E-state index in [1.165, 1.54) is 0 Å². The molecule has 0 saturated carbocycles. The summed E-state index contributed by atoms with van der Waals surface area (Å²) in [5.74, 6) is -0.754. The number of rotatable bonds is 7. The number of unbranched alkanes of at least 4 members (excludes halogenated alkanes) is 2. The SMILES string of the molecule is O=C(O)CCCCCON1OCO1. The monoisotopic (exact) mass is 191 g/mol. The van der Waals surface area contributed by atoms with Gasteiger partial charge in [-0.25, -0.2) is 9.68 Å². The molecule has 1 fully saturated rings. The highest BCUT2D eigenvalue weighted by Gasteiger charge is 2.16. The Bertz CT molecular complexity index is 159. The molecular formula is C7H13NO5. The van der Waals surface area contributed by atoms with Crippen molar-refractivity contribution in [2.24, 2.45) is 0 Å². The Morgan fingerprint density at radius 2 is 2.15 bits per heavy atom. The third kappa shape index (κ3) is 4.79. The molecule has 1 N–H and O–H groups in total. The maximum Gasteiger partial charge on any atom is 0.303 e. The average molecular weight is 191 g/mol. The van der Waals surface area contributed by atoms with Crippen molar-refractivity contribution in [1.82, 2.24) is 5.39 Å². The second kappa shape index (κ2) is 5.87. The van der Waals surface area contributed by atoms with Crippen LogP contribution in [0.1, 0.15) is 25.7 Å². The number of nitrogens with zero attached hydrogens (tertiary/aromatic N) is 1. The summed E-state index contributed by atoms with van der Waals surface area (Å²) >= 11 is 0. The molecule has 1 rings (SSSR count). The largest absolute Gasteiger partial charge is 0.481 e. The minimum absolute atomic E-state index is 0.219. The molecule has 0 aromatic carbocycles. The van der Waals surface area contributed by atoms with Crippen LogP contribution in [0, 0.1) is 0 Å². The Morgan fingerprint density at radius 1 is 1.38 bits per heavy atom. The number of hydrogen-bond donors (Lipinski definition) is 1. The van der Waals surface area contributed by atoms with Crippen LogP contribution in [0.25, 0.3) is 0 Å². The van der Waals surface area contributed by atoms with Crippen LogP contribution in [0.2, 0.25) is 0 Å². The van der Waals surface area contributed by atoms with Gasteiger partial charge in [-0.3, -0.25) is 9.63 Å². The smallest absolute Gasteiger partial charge is 0.303 e. The van der Waals surface area contributed by atoms with E-state index in [-0.39, 0.29) is 13.2 Å². The van der Waals surface area contributed by atoms with Gasteiger partial charge in [-0.2, -0.15) is 0 Å². The second-order valence-corrected chi connectivity index (χ2v) is 2.64. The molecule has 0 atom stereocenters. The van der Waals surface area contributed by atoms with E-state index in [9.17, 15) is 4.79 Å². The zero-order valence-electron chi connectivity index (χ0n) is 7.27. The molecule has 1 aliphatic rings. The highest BCUT2D eigenvalue weighted by Crippen LogP contribution is 2.07. The van der Waals surface area contributed by atoms with E-state index in [1.807, 2.05) is 0 Å². The van der Waals surface area contributed by atoms with Gasteiger partial charge in [0.25, 0.3) is 0 Å². The molecule has 1 saturated heterocycles. The van der Waals surface area contributed by atoms with E-state index in [4.69, 9.17) is 9.94 Å². The Balaban J connectivity index is 1.75. The van der Waals surface area contributed by atoms with Crippen molar-refractivity contribution in [1.29, 1.82) is 0 Å². The Kier molecular flexibility index (Phi) is 4.69. The van der Waals surface area contributed by atoms with Crippen LogP contribution in [0.3, 0.4) is 0 Å². The van der Waals surface area contributed by atoms with Crippen LogP contribution in [-0.4, -0.2) is 29.9 Å². The lowest BCUT2D eigenvalue weighted by molar-refractivity contribution is -0.638. The van der Waals surface area contributed by atoms with E-state index >= 15 is 0 Å². The van der Waals surface area contributed by atoms with Gasteiger partial charge in [0, 0.05) is 6.42 Å². The fourth-order valence-corrected chi connectivity index (χ4v) is 0.864. The van der Waals surface area contributed by atoms with Crippen molar-refractivity contribution >= 4 is 5.97 Å². The summed E-state index contributed by atoms with van der Waals surface area (Å²) in [4.78, 5) is 24.4. The molecule has 76 valence electrons. The van der Waals surface area contributed by atoms with E-state index in [0.717, 1.165) is 18.2 Å². The zero-order chi connectivity index (χ0) is 9.52. The van der Waals surface area contributed by atoms with E-state index in [0.29, 0.717) is 13.0 Å². The van der Waals surface area contributed by atoms with Gasteiger partial charge >= 0.3 is 5.97 Å². The Labute approximate surface area is 75.8 Å². The molecule has 0 spiro atoms. The summed E-state index contributed by atoms with van der Waals surface area (Å²) in [5.41, 5.74) is 0. The normalized spacial score (nSPS) is 16.9. The number of carboxylic acid groups (broad SMARTS) is 1. The summed E-state index contributed by atoms with van der Waals surface area (Å²) in [5, 5.41) is 9.28. The third-order valence-electron chi connectivity index (χ3n) is 1.55. The van der Waals surface area contributed by atoms with Gasteiger partial charge in [-0.15, -0.1) is 0 Å². The molecule has 0 aliphatic carbocycles. The predicted molar refractivity (Wildman–Crippen MR) is 40.9 cm³/mol. The van der Waals surface area contributed by atoms with Crippen molar-refractivity contribution in [2.75, 3.05) is 13.4 Å². The second-order valence-electron chi connectivity index (χ2n) is 2.64. The first kappa shape index (κ1) is 10.4. The molecule has 1 heterocycles. The lowest BCUT2D eigenvalue weighted by atomic mass is 10.2. The number of carboxylic acids is 1. The molecule has 0 bridgehead atoms. The number of carbonyl (C=O) groups is 1. The third-order valence-corrected chi connectivity index (χ3v) is 1.55. The van der Waals surface area contributed by atoms with Gasteiger partial charge in [0.05, 0.1) is 12.0 Å². The van der Waals surface area contributed by atoms with Crippen molar-refractivity contribution in [3.63, 3.8) is 0 Å². The summed E-state index contributed by atoms with van der Waals surface area (Å²) in [6.45, 7) is 0.721. The van der Waals surface area contributed by atoms with Crippen LogP contribution in [0.5, 0.6) is 0 Å². The van der Waals surface area contributed by atoms with Crippen LogP contribution in [0.4, 0.5) is 0 Å². The summed E-state index contributed by atoms with van der Waals surface area (Å²) in [7, 11) is 0. The van der Waals surface area contributed by atoms with Crippen molar-refractivity contribution in [3.05, 3.63) is 0 Å². The fourth-order valence-electron chi connectivity index (χ4n) is 0.864. The van der Waals surface area contributed by atoms with Crippen molar-refractivity contribution < 1.29 is 24.4 Å². The predicted octanol–water partition coefficient (Wildman–Crippen LogP) is 0.699. The molecule has 0 amide bonds. The molecule has 6 heteroatoms. The van der Waals surface area contributed by atoms with Crippen molar-refractivity contribution in [2.45, 2.75) is 25.7 Å². The van der Waals surface area contributed by atoms with Crippen LogP contribution < -0.4 is 0 Å². The average Bonchev–Trinajstić information content (AvgIpc) is 1.99. The molecule has 6 nitrogen and oxygen atoms in total. The van der Waals surface area contributed by atoms with Gasteiger partial charge in [0.1, 0.15) is 0 Å². The standard InChI is InChI=1S/C7H13NO5/c9-7(10)4-2-1-3-5-11-8-12-6-13-8/h1-6H2,(H,9,10). The van der Waals surface area contributed by atoms with E-state index in [1.54, 1.807) is 0 Å². The highest BCUT2D eigenvalue weighted by molar-refractivity contribution is 5.66. The van der Waals surface area contributed by atoms with Crippen LogP contribution in [-0.2, 0) is 19.3 Å². The molecular weight excluding hydrogens is 178 g/mol. The Hall–Kier alpha value is -0.690. The summed E-state index contributed by atoms with van der Waals surface area (Å²) in [6.07, 6.45) is 2.54. The molecule has 0 aromatic heterocycles. The van der Waals surface area contributed by atoms with Gasteiger partial charge in [-0.1, -0.05) is 6.42 Å². The quantitative estimate of drug-likeness (QED) is 0.597. The van der Waals surface area contributed by atoms with Gasteiger partial charge in [0.15, 0.2) is 6.79 Å². The zero-order valence-corrected chi connectivity index (χ0v) is 7.27. The fraction of sp³-hybridized carbons (Fsp3) is 0.857. The maximum absolute atomic E-state index is 10.1. The minimum atomic E-state index is -0.754. The lowest BCUT2D eigenvalue weighted by Crippen LogP contribution is -2.36. The number of hydrogen-bond acceptors (Lipinski definition) is 5. The first-order valence-corrected chi connectivity index (χ1v) is 4.20. The van der Waals surface area contributed by atoms with E-state index in [2.05, 4.69) is 9.68 Å². The topological polar surface area (TPSA) is 68.2 Å². The van der Waals surface area contributed by atoms with Crippen LogP contribution in [0.15, 0.2) is 0 Å². The molecule has 0 unspecified atom stereocenters. The van der Waals surface area contributed by atoms with Gasteiger partial charge < -0.3 is 5.11 Å². The maximum atomic E-state index is 10.1. The van der Waals surface area contributed by atoms with Gasteiger partial charge in [-0.05, 0) is 12.8 Å². The van der Waals surface area contributed by atoms with Crippen LogP contribution >= 0.6 is 0 Å².